The maximum Gasteiger partial charge on any atom is 0.433 e. The zero-order valence-corrected chi connectivity index (χ0v) is 16.5. The lowest BCUT2D eigenvalue weighted by Crippen LogP contribution is -2.17. The van der Waals surface area contributed by atoms with Crippen molar-refractivity contribution in [2.75, 3.05) is 5.32 Å². The van der Waals surface area contributed by atoms with Gasteiger partial charge in [0.1, 0.15) is 5.82 Å². The van der Waals surface area contributed by atoms with Gasteiger partial charge < -0.3 is 5.32 Å². The van der Waals surface area contributed by atoms with Crippen LogP contribution in [-0.4, -0.2) is 19.9 Å². The molecular weight excluding hydrogens is 403 g/mol. The van der Waals surface area contributed by atoms with E-state index in [2.05, 4.69) is 25.3 Å². The van der Waals surface area contributed by atoms with Gasteiger partial charge in [-0.25, -0.2) is 9.97 Å². The molecule has 3 aromatic heterocycles. The summed E-state index contributed by atoms with van der Waals surface area (Å²) in [5, 5.41) is 3.12. The van der Waals surface area contributed by atoms with E-state index in [1.807, 2.05) is 43.3 Å². The number of pyridine rings is 2. The van der Waals surface area contributed by atoms with Crippen LogP contribution in [0, 0.1) is 6.92 Å². The normalized spacial score (nSPS) is 12.4. The number of rotatable bonds is 5. The van der Waals surface area contributed by atoms with Gasteiger partial charge in [-0.15, -0.1) is 0 Å². The van der Waals surface area contributed by atoms with Crippen LogP contribution in [0.15, 0.2) is 79.3 Å². The summed E-state index contributed by atoms with van der Waals surface area (Å²) in [6, 6.07) is 16.7. The largest absolute Gasteiger partial charge is 0.433 e. The quantitative estimate of drug-likeness (QED) is 0.463. The minimum Gasteiger partial charge on any atom is -0.357 e. The van der Waals surface area contributed by atoms with E-state index in [0.717, 1.165) is 17.2 Å². The highest BCUT2D eigenvalue weighted by molar-refractivity contribution is 5.57. The molecule has 0 radical (unpaired) electrons. The highest BCUT2D eigenvalue weighted by Gasteiger charge is 2.34. The third-order valence-corrected chi connectivity index (χ3v) is 4.64. The van der Waals surface area contributed by atoms with Gasteiger partial charge in [0.2, 0.25) is 0 Å². The summed E-state index contributed by atoms with van der Waals surface area (Å²) >= 11 is 0. The molecule has 0 saturated carbocycles. The molecule has 1 N–H and O–H groups in total. The summed E-state index contributed by atoms with van der Waals surface area (Å²) < 4.78 is 40.6. The molecule has 4 rings (SSSR count). The Hall–Kier alpha value is -3.81. The third kappa shape index (κ3) is 4.85. The topological polar surface area (TPSA) is 63.6 Å². The molecule has 0 bridgehead atoms. The number of aromatic nitrogens is 4. The molecule has 0 saturated heterocycles. The van der Waals surface area contributed by atoms with Crippen LogP contribution in [0.2, 0.25) is 0 Å². The van der Waals surface area contributed by atoms with E-state index in [-0.39, 0.29) is 11.6 Å². The van der Waals surface area contributed by atoms with E-state index >= 15 is 0 Å². The van der Waals surface area contributed by atoms with Crippen molar-refractivity contribution < 1.29 is 13.2 Å². The molecule has 0 amide bonds. The zero-order chi connectivity index (χ0) is 21.8. The fourth-order valence-electron chi connectivity index (χ4n) is 3.08. The Morgan fingerprint density at radius 2 is 1.61 bits per heavy atom. The van der Waals surface area contributed by atoms with Gasteiger partial charge in [0.05, 0.1) is 11.7 Å². The standard InChI is InChI=1S/C23H18F3N5/c1-15-5-7-16(8-6-15)21(18-4-2-3-11-28-18)30-20-14-19(23(24,25)26)29-22(31-20)17-9-12-27-13-10-17/h2-14,21H,1H3,(H,29,30,31). The lowest BCUT2D eigenvalue weighted by Gasteiger charge is -2.21. The lowest BCUT2D eigenvalue weighted by molar-refractivity contribution is -0.141. The SMILES string of the molecule is Cc1ccc(C(Nc2cc(C(F)(F)F)nc(-c3ccncc3)n2)c2ccccn2)cc1. The smallest absolute Gasteiger partial charge is 0.357 e. The highest BCUT2D eigenvalue weighted by Crippen LogP contribution is 2.32. The predicted octanol–water partition coefficient (Wildman–Crippen LogP) is 5.46. The maximum absolute atomic E-state index is 13.5. The molecule has 0 aliphatic rings. The van der Waals surface area contributed by atoms with Crippen LogP contribution >= 0.6 is 0 Å². The number of hydrogen-bond donors (Lipinski definition) is 1. The first kappa shape index (κ1) is 20.5. The Kier molecular flexibility index (Phi) is 5.62. The summed E-state index contributed by atoms with van der Waals surface area (Å²) in [5.41, 5.74) is 1.99. The number of anilines is 1. The number of hydrogen-bond acceptors (Lipinski definition) is 5. The van der Waals surface area contributed by atoms with Crippen molar-refractivity contribution >= 4 is 5.82 Å². The molecule has 5 nitrogen and oxygen atoms in total. The van der Waals surface area contributed by atoms with E-state index in [0.29, 0.717) is 11.3 Å². The molecule has 0 fully saturated rings. The molecule has 0 aliphatic carbocycles. The first-order valence-corrected chi connectivity index (χ1v) is 9.51. The predicted molar refractivity (Wildman–Crippen MR) is 111 cm³/mol. The number of nitrogens with zero attached hydrogens (tertiary/aromatic N) is 4. The molecule has 8 heteroatoms. The molecule has 1 atom stereocenters. The number of alkyl halides is 3. The first-order chi connectivity index (χ1) is 14.9. The van der Waals surface area contributed by atoms with Gasteiger partial charge in [-0.1, -0.05) is 35.9 Å². The maximum atomic E-state index is 13.5. The molecule has 4 aromatic rings. The van der Waals surface area contributed by atoms with Crippen molar-refractivity contribution in [2.24, 2.45) is 0 Å². The molecule has 1 aromatic carbocycles. The zero-order valence-electron chi connectivity index (χ0n) is 16.5. The summed E-state index contributed by atoms with van der Waals surface area (Å²) in [6.07, 6.45) is -0.0165. The summed E-state index contributed by atoms with van der Waals surface area (Å²) in [7, 11) is 0. The van der Waals surface area contributed by atoms with Gasteiger partial charge in [0.25, 0.3) is 0 Å². The Bertz CT molecular complexity index is 1150. The Morgan fingerprint density at radius 1 is 0.871 bits per heavy atom. The van der Waals surface area contributed by atoms with Gasteiger partial charge >= 0.3 is 6.18 Å². The fourth-order valence-corrected chi connectivity index (χ4v) is 3.08. The van der Waals surface area contributed by atoms with Crippen LogP contribution in [0.1, 0.15) is 28.6 Å². The van der Waals surface area contributed by atoms with Crippen LogP contribution in [0.25, 0.3) is 11.4 Å². The molecule has 1 unspecified atom stereocenters. The number of benzene rings is 1. The molecule has 0 aliphatic heterocycles. The number of halogens is 3. The second kappa shape index (κ2) is 8.51. The minimum absolute atomic E-state index is 0.0385. The number of nitrogens with one attached hydrogen (secondary N) is 1. The van der Waals surface area contributed by atoms with Crippen LogP contribution < -0.4 is 5.32 Å². The van der Waals surface area contributed by atoms with Gasteiger partial charge in [0.15, 0.2) is 11.5 Å². The molecule has 156 valence electrons. The van der Waals surface area contributed by atoms with Crippen molar-refractivity contribution in [3.8, 4) is 11.4 Å². The molecule has 3 heterocycles. The van der Waals surface area contributed by atoms with Crippen LogP contribution in [-0.2, 0) is 6.18 Å². The van der Waals surface area contributed by atoms with E-state index in [1.54, 1.807) is 24.4 Å². The second-order valence-electron chi connectivity index (χ2n) is 6.94. The van der Waals surface area contributed by atoms with Crippen molar-refractivity contribution in [3.63, 3.8) is 0 Å². The molecule has 31 heavy (non-hydrogen) atoms. The van der Waals surface area contributed by atoms with Crippen molar-refractivity contribution in [1.29, 1.82) is 0 Å². The van der Waals surface area contributed by atoms with Gasteiger partial charge in [-0.05, 0) is 36.8 Å². The fraction of sp³-hybridized carbons (Fsp3) is 0.130. The van der Waals surface area contributed by atoms with Crippen LogP contribution in [0.4, 0.5) is 19.0 Å². The third-order valence-electron chi connectivity index (χ3n) is 4.64. The van der Waals surface area contributed by atoms with Crippen LogP contribution in [0.3, 0.4) is 0 Å². The Morgan fingerprint density at radius 3 is 2.26 bits per heavy atom. The van der Waals surface area contributed by atoms with Gasteiger partial charge in [-0.3, -0.25) is 9.97 Å². The van der Waals surface area contributed by atoms with E-state index in [9.17, 15) is 13.2 Å². The average Bonchev–Trinajstić information content (AvgIpc) is 2.79. The Labute approximate surface area is 177 Å². The summed E-state index contributed by atoms with van der Waals surface area (Å²) in [6.45, 7) is 1.97. The van der Waals surface area contributed by atoms with Crippen molar-refractivity contribution in [2.45, 2.75) is 19.1 Å². The van der Waals surface area contributed by atoms with Crippen LogP contribution in [0.5, 0.6) is 0 Å². The second-order valence-corrected chi connectivity index (χ2v) is 6.94. The van der Waals surface area contributed by atoms with Crippen molar-refractivity contribution in [1.82, 2.24) is 19.9 Å². The van der Waals surface area contributed by atoms with E-state index in [4.69, 9.17) is 0 Å². The minimum atomic E-state index is -4.62. The van der Waals surface area contributed by atoms with E-state index < -0.39 is 17.9 Å². The average molecular weight is 421 g/mol. The first-order valence-electron chi connectivity index (χ1n) is 9.51. The lowest BCUT2D eigenvalue weighted by atomic mass is 10.0. The van der Waals surface area contributed by atoms with E-state index in [1.165, 1.54) is 12.4 Å². The van der Waals surface area contributed by atoms with Crippen molar-refractivity contribution in [3.05, 3.63) is 102 Å². The monoisotopic (exact) mass is 421 g/mol. The highest BCUT2D eigenvalue weighted by atomic mass is 19.4. The van der Waals surface area contributed by atoms with Gasteiger partial charge in [-0.2, -0.15) is 13.2 Å². The number of aryl methyl sites for hydroxylation is 1. The van der Waals surface area contributed by atoms with Gasteiger partial charge in [0, 0.05) is 30.2 Å². The molecule has 0 spiro atoms. The molecular formula is C23H18F3N5. The summed E-state index contributed by atoms with van der Waals surface area (Å²) in [4.78, 5) is 16.4. The summed E-state index contributed by atoms with van der Waals surface area (Å²) in [5.74, 6) is 0.00812. The Balaban J connectivity index is 1.80.